The number of hydrogen-bond donors (Lipinski definition) is 0. The van der Waals surface area contributed by atoms with Crippen molar-refractivity contribution in [3.05, 3.63) is 36.2 Å². The Kier molecular flexibility index (Phi) is 5.81. The number of carbonyl (C=O) groups is 2. The van der Waals surface area contributed by atoms with Crippen LogP contribution >= 0.6 is 0 Å². The molecule has 2 aromatic rings. The zero-order chi connectivity index (χ0) is 19.3. The average molecular weight is 382 g/mol. The van der Waals surface area contributed by atoms with Gasteiger partial charge in [-0.15, -0.1) is 0 Å². The van der Waals surface area contributed by atoms with Gasteiger partial charge in [0, 0.05) is 50.6 Å². The Balaban J connectivity index is 1.27. The van der Waals surface area contributed by atoms with Crippen molar-refractivity contribution in [3.8, 4) is 0 Å². The van der Waals surface area contributed by atoms with Crippen molar-refractivity contribution in [2.24, 2.45) is 5.92 Å². The topological polar surface area (TPSA) is 75.6 Å². The Bertz CT molecular complexity index is 842. The van der Waals surface area contributed by atoms with E-state index < -0.39 is 0 Å². The third-order valence-corrected chi connectivity index (χ3v) is 5.75. The van der Waals surface area contributed by atoms with Crippen LogP contribution in [0.15, 0.2) is 30.6 Å². The van der Waals surface area contributed by atoms with Crippen LogP contribution in [0.25, 0.3) is 11.0 Å². The third-order valence-electron chi connectivity index (χ3n) is 5.75. The molecule has 0 atom stereocenters. The second-order valence-electron chi connectivity index (χ2n) is 7.53. The SMILES string of the molecule is O=C(CCC1CCN(C(=O)c2ccc3nccnc3c2)CC1)N1CCOCC1. The second kappa shape index (κ2) is 8.65. The molecule has 3 heterocycles. The van der Waals surface area contributed by atoms with Crippen molar-refractivity contribution < 1.29 is 14.3 Å². The lowest BCUT2D eigenvalue weighted by Crippen LogP contribution is -2.41. The quantitative estimate of drug-likeness (QED) is 0.810. The molecule has 0 saturated carbocycles. The molecule has 2 aliphatic heterocycles. The summed E-state index contributed by atoms with van der Waals surface area (Å²) >= 11 is 0. The first-order chi connectivity index (χ1) is 13.7. The van der Waals surface area contributed by atoms with Crippen LogP contribution in [0, 0.1) is 5.92 Å². The Morgan fingerprint density at radius 3 is 2.43 bits per heavy atom. The van der Waals surface area contributed by atoms with Gasteiger partial charge in [0.25, 0.3) is 5.91 Å². The van der Waals surface area contributed by atoms with Gasteiger partial charge in [0.05, 0.1) is 24.2 Å². The summed E-state index contributed by atoms with van der Waals surface area (Å²) in [6.45, 7) is 4.20. The maximum Gasteiger partial charge on any atom is 0.253 e. The average Bonchev–Trinajstić information content (AvgIpc) is 2.77. The molecule has 2 amide bonds. The fourth-order valence-corrected chi connectivity index (χ4v) is 4.00. The number of hydrogen-bond acceptors (Lipinski definition) is 5. The van der Waals surface area contributed by atoms with Gasteiger partial charge in [0.2, 0.25) is 5.91 Å². The summed E-state index contributed by atoms with van der Waals surface area (Å²) in [6.07, 6.45) is 6.70. The lowest BCUT2D eigenvalue weighted by atomic mass is 9.91. The van der Waals surface area contributed by atoms with E-state index in [1.54, 1.807) is 12.4 Å². The van der Waals surface area contributed by atoms with Crippen molar-refractivity contribution in [1.82, 2.24) is 19.8 Å². The molecule has 0 spiro atoms. The van der Waals surface area contributed by atoms with Gasteiger partial charge in [0.1, 0.15) is 0 Å². The first kappa shape index (κ1) is 18.8. The van der Waals surface area contributed by atoms with E-state index in [9.17, 15) is 9.59 Å². The predicted molar refractivity (Wildman–Crippen MR) is 105 cm³/mol. The molecule has 0 bridgehead atoms. The van der Waals surface area contributed by atoms with Crippen LogP contribution in [0.1, 0.15) is 36.0 Å². The Morgan fingerprint density at radius 1 is 0.964 bits per heavy atom. The van der Waals surface area contributed by atoms with Crippen molar-refractivity contribution >= 4 is 22.8 Å². The zero-order valence-electron chi connectivity index (χ0n) is 16.0. The molecule has 148 valence electrons. The maximum absolute atomic E-state index is 12.8. The highest BCUT2D eigenvalue weighted by molar-refractivity contribution is 5.97. The maximum atomic E-state index is 12.8. The second-order valence-corrected chi connectivity index (χ2v) is 7.53. The molecule has 0 aliphatic carbocycles. The molecular weight excluding hydrogens is 356 g/mol. The third kappa shape index (κ3) is 4.30. The van der Waals surface area contributed by atoms with E-state index in [4.69, 9.17) is 4.74 Å². The van der Waals surface area contributed by atoms with Crippen LogP contribution in [0.3, 0.4) is 0 Å². The molecule has 4 rings (SSSR count). The largest absolute Gasteiger partial charge is 0.378 e. The number of benzene rings is 1. The normalized spacial score (nSPS) is 18.4. The Hall–Kier alpha value is -2.54. The van der Waals surface area contributed by atoms with E-state index in [0.29, 0.717) is 44.2 Å². The van der Waals surface area contributed by atoms with Crippen LogP contribution in [0.5, 0.6) is 0 Å². The molecular formula is C21H26N4O3. The van der Waals surface area contributed by atoms with E-state index in [1.165, 1.54) is 0 Å². The molecule has 0 N–H and O–H groups in total. The first-order valence-electron chi connectivity index (χ1n) is 10.1. The van der Waals surface area contributed by atoms with Crippen molar-refractivity contribution in [2.45, 2.75) is 25.7 Å². The van der Waals surface area contributed by atoms with E-state index in [0.717, 1.165) is 43.4 Å². The molecule has 1 aromatic carbocycles. The van der Waals surface area contributed by atoms with Gasteiger partial charge in [-0.1, -0.05) is 0 Å². The summed E-state index contributed by atoms with van der Waals surface area (Å²) in [7, 11) is 0. The lowest BCUT2D eigenvalue weighted by molar-refractivity contribution is -0.135. The van der Waals surface area contributed by atoms with Gasteiger partial charge < -0.3 is 14.5 Å². The van der Waals surface area contributed by atoms with Crippen LogP contribution in [-0.4, -0.2) is 71.0 Å². The molecule has 1 aromatic heterocycles. The molecule has 2 saturated heterocycles. The minimum absolute atomic E-state index is 0.0513. The highest BCUT2D eigenvalue weighted by Crippen LogP contribution is 2.24. The van der Waals surface area contributed by atoms with Gasteiger partial charge in [-0.25, -0.2) is 0 Å². The van der Waals surface area contributed by atoms with Crippen LogP contribution < -0.4 is 0 Å². The standard InChI is InChI=1S/C21H26N4O3/c26-20(24-11-13-28-14-12-24)4-1-16-5-9-25(10-6-16)21(27)17-2-3-18-19(15-17)23-8-7-22-18/h2-3,7-8,15-16H,1,4-6,9-14H2. The monoisotopic (exact) mass is 382 g/mol. The van der Waals surface area contributed by atoms with Gasteiger partial charge in [-0.05, 0) is 43.4 Å². The van der Waals surface area contributed by atoms with E-state index in [-0.39, 0.29) is 11.8 Å². The number of piperidine rings is 1. The van der Waals surface area contributed by atoms with Crippen molar-refractivity contribution in [1.29, 1.82) is 0 Å². The number of fused-ring (bicyclic) bond motifs is 1. The van der Waals surface area contributed by atoms with E-state index in [2.05, 4.69) is 9.97 Å². The highest BCUT2D eigenvalue weighted by atomic mass is 16.5. The van der Waals surface area contributed by atoms with Gasteiger partial charge in [0.15, 0.2) is 0 Å². The smallest absolute Gasteiger partial charge is 0.253 e. The minimum Gasteiger partial charge on any atom is -0.378 e. The number of rotatable bonds is 4. The molecule has 7 heteroatoms. The van der Waals surface area contributed by atoms with E-state index >= 15 is 0 Å². The van der Waals surface area contributed by atoms with Crippen molar-refractivity contribution in [2.75, 3.05) is 39.4 Å². The first-order valence-corrected chi connectivity index (χ1v) is 10.1. The molecule has 28 heavy (non-hydrogen) atoms. The fraction of sp³-hybridized carbons (Fsp3) is 0.524. The molecule has 2 aliphatic rings. The van der Waals surface area contributed by atoms with Crippen LogP contribution in [-0.2, 0) is 9.53 Å². The van der Waals surface area contributed by atoms with Gasteiger partial charge in [-0.2, -0.15) is 0 Å². The summed E-state index contributed by atoms with van der Waals surface area (Å²) in [4.78, 5) is 37.5. The number of morpholine rings is 1. The fourth-order valence-electron chi connectivity index (χ4n) is 4.00. The van der Waals surface area contributed by atoms with Gasteiger partial charge >= 0.3 is 0 Å². The number of likely N-dealkylation sites (tertiary alicyclic amines) is 1. The molecule has 0 unspecified atom stereocenters. The predicted octanol–water partition coefficient (Wildman–Crippen LogP) is 2.12. The Labute approximate surface area is 164 Å². The number of aromatic nitrogens is 2. The number of amides is 2. The minimum atomic E-state index is 0.0513. The lowest BCUT2D eigenvalue weighted by Gasteiger charge is -2.33. The summed E-state index contributed by atoms with van der Waals surface area (Å²) in [5, 5.41) is 0. The highest BCUT2D eigenvalue weighted by Gasteiger charge is 2.25. The number of nitrogens with zero attached hydrogens (tertiary/aromatic N) is 4. The van der Waals surface area contributed by atoms with Crippen LogP contribution in [0.2, 0.25) is 0 Å². The van der Waals surface area contributed by atoms with E-state index in [1.807, 2.05) is 28.0 Å². The number of ether oxygens (including phenoxy) is 1. The molecule has 0 radical (unpaired) electrons. The number of carbonyl (C=O) groups excluding carboxylic acids is 2. The Morgan fingerprint density at radius 2 is 1.68 bits per heavy atom. The molecule has 2 fully saturated rings. The van der Waals surface area contributed by atoms with Crippen LogP contribution in [0.4, 0.5) is 0 Å². The summed E-state index contributed by atoms with van der Waals surface area (Å²) in [6, 6.07) is 5.49. The summed E-state index contributed by atoms with van der Waals surface area (Å²) in [5.74, 6) is 0.797. The van der Waals surface area contributed by atoms with Gasteiger partial charge in [-0.3, -0.25) is 19.6 Å². The molecule has 7 nitrogen and oxygen atoms in total. The zero-order valence-corrected chi connectivity index (χ0v) is 16.0. The summed E-state index contributed by atoms with van der Waals surface area (Å²) < 4.78 is 5.30. The van der Waals surface area contributed by atoms with Crippen molar-refractivity contribution in [3.63, 3.8) is 0 Å². The summed E-state index contributed by atoms with van der Waals surface area (Å²) in [5.41, 5.74) is 2.20.